The van der Waals surface area contributed by atoms with Crippen LogP contribution in [0.1, 0.15) is 33.6 Å². The lowest BCUT2D eigenvalue weighted by molar-refractivity contribution is 0.0517. The number of rotatable bonds is 3. The standard InChI is InChI=1S/C18H26N4O2/c1-18(2,3)24-17(23)19-11-13-7-6-10-22(12-13)16-20-14-8-4-5-9-15(14)21-16/h4-5,8-9,13H,6-7,10-12H2,1-3H3,(H,19,23)(H,20,21)/t13-/m0/s1. The third kappa shape index (κ3) is 4.19. The quantitative estimate of drug-likeness (QED) is 0.906. The summed E-state index contributed by atoms with van der Waals surface area (Å²) in [4.78, 5) is 22.1. The van der Waals surface area contributed by atoms with E-state index >= 15 is 0 Å². The summed E-state index contributed by atoms with van der Waals surface area (Å²) in [7, 11) is 0. The lowest BCUT2D eigenvalue weighted by atomic mass is 9.98. The molecule has 1 fully saturated rings. The molecule has 0 aliphatic carbocycles. The lowest BCUT2D eigenvalue weighted by Crippen LogP contribution is -2.42. The van der Waals surface area contributed by atoms with Crippen LogP contribution >= 0.6 is 0 Å². The summed E-state index contributed by atoms with van der Waals surface area (Å²) in [5, 5.41) is 2.89. The number of aromatic nitrogens is 2. The highest BCUT2D eigenvalue weighted by Crippen LogP contribution is 2.23. The molecule has 6 heteroatoms. The number of carbonyl (C=O) groups is 1. The van der Waals surface area contributed by atoms with Crippen molar-refractivity contribution in [2.75, 3.05) is 24.5 Å². The number of fused-ring (bicyclic) bond motifs is 1. The first-order chi connectivity index (χ1) is 11.4. The maximum Gasteiger partial charge on any atom is 0.407 e. The van der Waals surface area contributed by atoms with Crippen molar-refractivity contribution in [1.29, 1.82) is 0 Å². The first-order valence-electron chi connectivity index (χ1n) is 8.57. The highest BCUT2D eigenvalue weighted by molar-refractivity contribution is 5.77. The molecule has 2 heterocycles. The van der Waals surface area contributed by atoms with Gasteiger partial charge in [-0.2, -0.15) is 0 Å². The number of nitrogens with zero attached hydrogens (tertiary/aromatic N) is 2. The average Bonchev–Trinajstić information content (AvgIpc) is 2.96. The van der Waals surface area contributed by atoms with Crippen LogP contribution in [0.5, 0.6) is 0 Å². The summed E-state index contributed by atoms with van der Waals surface area (Å²) in [5.74, 6) is 1.32. The van der Waals surface area contributed by atoms with Crippen LogP contribution in [-0.4, -0.2) is 41.3 Å². The molecule has 1 aliphatic rings. The third-order valence-corrected chi connectivity index (χ3v) is 4.13. The van der Waals surface area contributed by atoms with Crippen molar-refractivity contribution in [1.82, 2.24) is 15.3 Å². The summed E-state index contributed by atoms with van der Waals surface area (Å²) < 4.78 is 5.30. The van der Waals surface area contributed by atoms with E-state index in [-0.39, 0.29) is 6.09 Å². The smallest absolute Gasteiger partial charge is 0.407 e. The van der Waals surface area contributed by atoms with Crippen molar-refractivity contribution in [2.45, 2.75) is 39.2 Å². The van der Waals surface area contributed by atoms with Crippen LogP contribution in [0.4, 0.5) is 10.7 Å². The SMILES string of the molecule is CC(C)(C)OC(=O)NC[C@@H]1CCCN(c2nc3ccccc3[nH]2)C1. The Labute approximate surface area is 142 Å². The van der Waals surface area contributed by atoms with E-state index in [9.17, 15) is 4.79 Å². The summed E-state index contributed by atoms with van der Waals surface area (Å²) in [6, 6.07) is 8.06. The van der Waals surface area contributed by atoms with Crippen molar-refractivity contribution >= 4 is 23.1 Å². The average molecular weight is 330 g/mol. The summed E-state index contributed by atoms with van der Waals surface area (Å²) in [6.45, 7) is 8.12. The molecule has 1 atom stereocenters. The number of amides is 1. The fraction of sp³-hybridized carbons (Fsp3) is 0.556. The third-order valence-electron chi connectivity index (χ3n) is 4.13. The number of nitrogens with one attached hydrogen (secondary N) is 2. The molecule has 0 spiro atoms. The van der Waals surface area contributed by atoms with Gasteiger partial charge in [-0.1, -0.05) is 12.1 Å². The zero-order valence-corrected chi connectivity index (χ0v) is 14.6. The molecule has 130 valence electrons. The number of H-pyrrole nitrogens is 1. The molecule has 0 radical (unpaired) electrons. The molecule has 1 aromatic carbocycles. The second-order valence-electron chi connectivity index (χ2n) is 7.41. The number of imidazole rings is 1. The van der Waals surface area contributed by atoms with Crippen molar-refractivity contribution in [3.8, 4) is 0 Å². The number of benzene rings is 1. The zero-order chi connectivity index (χ0) is 17.2. The number of para-hydroxylation sites is 2. The summed E-state index contributed by atoms with van der Waals surface area (Å²) in [5.41, 5.74) is 1.58. The van der Waals surface area contributed by atoms with Gasteiger partial charge in [-0.25, -0.2) is 9.78 Å². The van der Waals surface area contributed by atoms with Gasteiger partial charge < -0.3 is 19.9 Å². The van der Waals surface area contributed by atoms with E-state index in [1.165, 1.54) is 0 Å². The Bertz CT molecular complexity index is 671. The largest absolute Gasteiger partial charge is 0.444 e. The maximum atomic E-state index is 11.8. The van der Waals surface area contributed by atoms with Crippen molar-refractivity contribution < 1.29 is 9.53 Å². The van der Waals surface area contributed by atoms with E-state index in [2.05, 4.69) is 20.2 Å². The normalized spacial score (nSPS) is 18.6. The van der Waals surface area contributed by atoms with Gasteiger partial charge in [0.25, 0.3) is 0 Å². The number of piperidine rings is 1. The first kappa shape index (κ1) is 16.6. The van der Waals surface area contributed by atoms with Gasteiger partial charge in [-0.3, -0.25) is 0 Å². The topological polar surface area (TPSA) is 70.2 Å². The molecule has 0 saturated carbocycles. The molecular weight excluding hydrogens is 304 g/mol. The fourth-order valence-corrected chi connectivity index (χ4v) is 3.06. The molecule has 6 nitrogen and oxygen atoms in total. The highest BCUT2D eigenvalue weighted by Gasteiger charge is 2.23. The molecule has 1 aromatic heterocycles. The monoisotopic (exact) mass is 330 g/mol. The number of alkyl carbamates (subject to hydrolysis) is 1. The molecule has 1 amide bonds. The lowest BCUT2D eigenvalue weighted by Gasteiger charge is -2.32. The van der Waals surface area contributed by atoms with Gasteiger partial charge in [0, 0.05) is 19.6 Å². The molecule has 2 aromatic rings. The van der Waals surface area contributed by atoms with Crippen LogP contribution in [0.2, 0.25) is 0 Å². The molecule has 1 aliphatic heterocycles. The minimum absolute atomic E-state index is 0.344. The molecule has 0 unspecified atom stereocenters. The van der Waals surface area contributed by atoms with Gasteiger partial charge in [0.2, 0.25) is 5.95 Å². The number of aromatic amines is 1. The number of carbonyl (C=O) groups excluding carboxylic acids is 1. The van der Waals surface area contributed by atoms with Gasteiger partial charge in [0.15, 0.2) is 0 Å². The van der Waals surface area contributed by atoms with Crippen molar-refractivity contribution in [3.05, 3.63) is 24.3 Å². The second kappa shape index (κ2) is 6.71. The van der Waals surface area contributed by atoms with Crippen LogP contribution in [0.3, 0.4) is 0 Å². The van der Waals surface area contributed by atoms with Crippen LogP contribution in [0, 0.1) is 5.92 Å². The Kier molecular flexibility index (Phi) is 4.64. The Hall–Kier alpha value is -2.24. The van der Waals surface area contributed by atoms with Crippen LogP contribution in [0.25, 0.3) is 11.0 Å². The molecular formula is C18H26N4O2. The van der Waals surface area contributed by atoms with Gasteiger partial charge in [-0.15, -0.1) is 0 Å². The second-order valence-corrected chi connectivity index (χ2v) is 7.41. The van der Waals surface area contributed by atoms with E-state index < -0.39 is 5.60 Å². The molecule has 24 heavy (non-hydrogen) atoms. The Morgan fingerprint density at radius 3 is 2.96 bits per heavy atom. The Morgan fingerprint density at radius 2 is 2.21 bits per heavy atom. The van der Waals surface area contributed by atoms with E-state index in [0.29, 0.717) is 12.5 Å². The van der Waals surface area contributed by atoms with Gasteiger partial charge in [-0.05, 0) is 51.7 Å². The molecule has 2 N–H and O–H groups in total. The van der Waals surface area contributed by atoms with Crippen molar-refractivity contribution in [2.24, 2.45) is 5.92 Å². The predicted octanol–water partition coefficient (Wildman–Crippen LogP) is 3.30. The van der Waals surface area contributed by atoms with Gasteiger partial charge in [0.1, 0.15) is 5.60 Å². The van der Waals surface area contributed by atoms with E-state index in [0.717, 1.165) is 42.9 Å². The van der Waals surface area contributed by atoms with Crippen LogP contribution < -0.4 is 10.2 Å². The van der Waals surface area contributed by atoms with Gasteiger partial charge >= 0.3 is 6.09 Å². The number of ether oxygens (including phenoxy) is 1. The summed E-state index contributed by atoms with van der Waals surface area (Å²) in [6.07, 6.45) is 1.85. The minimum atomic E-state index is -0.461. The van der Waals surface area contributed by atoms with Crippen LogP contribution in [-0.2, 0) is 4.74 Å². The molecule has 3 rings (SSSR count). The first-order valence-corrected chi connectivity index (χ1v) is 8.57. The predicted molar refractivity (Wildman–Crippen MR) is 95.3 cm³/mol. The van der Waals surface area contributed by atoms with E-state index in [1.54, 1.807) is 0 Å². The number of hydrogen-bond donors (Lipinski definition) is 2. The molecule has 1 saturated heterocycles. The van der Waals surface area contributed by atoms with Gasteiger partial charge in [0.05, 0.1) is 11.0 Å². The van der Waals surface area contributed by atoms with Crippen LogP contribution in [0.15, 0.2) is 24.3 Å². The Morgan fingerprint density at radius 1 is 1.42 bits per heavy atom. The van der Waals surface area contributed by atoms with E-state index in [4.69, 9.17) is 4.74 Å². The van der Waals surface area contributed by atoms with E-state index in [1.807, 2.05) is 45.0 Å². The minimum Gasteiger partial charge on any atom is -0.444 e. The number of anilines is 1. The fourth-order valence-electron chi connectivity index (χ4n) is 3.06. The summed E-state index contributed by atoms with van der Waals surface area (Å²) >= 11 is 0. The highest BCUT2D eigenvalue weighted by atomic mass is 16.6. The maximum absolute atomic E-state index is 11.8. The molecule has 0 bridgehead atoms. The van der Waals surface area contributed by atoms with Crippen molar-refractivity contribution in [3.63, 3.8) is 0 Å². The zero-order valence-electron chi connectivity index (χ0n) is 14.6. The Balaban J connectivity index is 1.57. The number of hydrogen-bond acceptors (Lipinski definition) is 4.